The molecule has 2 aliphatic rings. The molecule has 24 heavy (non-hydrogen) atoms. The van der Waals surface area contributed by atoms with Gasteiger partial charge < -0.3 is 20.1 Å². The van der Waals surface area contributed by atoms with Gasteiger partial charge in [-0.3, -0.25) is 4.90 Å². The number of hydrogen-bond donors (Lipinski definition) is 2. The summed E-state index contributed by atoms with van der Waals surface area (Å²) in [4.78, 5) is 4.82. The number of aliphatic hydroxyl groups is 1. The monoisotopic (exact) mass is 337 g/mol. The fourth-order valence-electron chi connectivity index (χ4n) is 3.46. The van der Waals surface area contributed by atoms with Gasteiger partial charge in [-0.15, -0.1) is 0 Å². The Balaban J connectivity index is 1.29. The summed E-state index contributed by atoms with van der Waals surface area (Å²) in [5.74, 6) is 0.484. The number of nitrogens with one attached hydrogen (secondary N) is 1. The molecule has 2 fully saturated rings. The highest BCUT2D eigenvalue weighted by atomic mass is 19.1. The molecule has 0 bridgehead atoms. The zero-order valence-electron chi connectivity index (χ0n) is 14.2. The third-order valence-electron chi connectivity index (χ3n) is 4.91. The second-order valence-electron chi connectivity index (χ2n) is 6.92. The van der Waals surface area contributed by atoms with E-state index in [1.807, 2.05) is 0 Å². The van der Waals surface area contributed by atoms with Gasteiger partial charge in [0.1, 0.15) is 11.6 Å². The number of piperazine rings is 1. The Morgan fingerprint density at radius 1 is 1.12 bits per heavy atom. The Morgan fingerprint density at radius 3 is 2.50 bits per heavy atom. The number of halogens is 1. The zero-order valence-corrected chi connectivity index (χ0v) is 14.2. The molecular formula is C18H28FN3O2. The SMILES string of the molecule is OC1(CN2CCN(CCCOc3ccc(F)cc3)CC2)CCNC1. The molecule has 0 aromatic heterocycles. The minimum Gasteiger partial charge on any atom is -0.494 e. The molecule has 134 valence electrons. The Bertz CT molecular complexity index is 497. The van der Waals surface area contributed by atoms with Crippen LogP contribution in [0.5, 0.6) is 5.75 Å². The predicted molar refractivity (Wildman–Crippen MR) is 91.8 cm³/mol. The van der Waals surface area contributed by atoms with Crippen LogP contribution >= 0.6 is 0 Å². The summed E-state index contributed by atoms with van der Waals surface area (Å²) in [6.45, 7) is 8.19. The zero-order chi connectivity index (χ0) is 16.8. The van der Waals surface area contributed by atoms with Crippen molar-refractivity contribution in [2.75, 3.05) is 59.0 Å². The summed E-state index contributed by atoms with van der Waals surface area (Å²) in [6, 6.07) is 6.16. The van der Waals surface area contributed by atoms with Crippen LogP contribution in [-0.4, -0.2) is 79.5 Å². The average molecular weight is 337 g/mol. The van der Waals surface area contributed by atoms with E-state index in [0.29, 0.717) is 13.2 Å². The average Bonchev–Trinajstić information content (AvgIpc) is 3.01. The van der Waals surface area contributed by atoms with Gasteiger partial charge in [-0.1, -0.05) is 0 Å². The maximum absolute atomic E-state index is 12.8. The fraction of sp³-hybridized carbons (Fsp3) is 0.667. The van der Waals surface area contributed by atoms with Gasteiger partial charge in [0, 0.05) is 45.8 Å². The van der Waals surface area contributed by atoms with Crippen LogP contribution in [0.4, 0.5) is 4.39 Å². The van der Waals surface area contributed by atoms with Crippen molar-refractivity contribution >= 4 is 0 Å². The van der Waals surface area contributed by atoms with Crippen molar-refractivity contribution < 1.29 is 14.2 Å². The Labute approximate surface area is 143 Å². The van der Waals surface area contributed by atoms with Crippen molar-refractivity contribution in [2.45, 2.75) is 18.4 Å². The molecule has 2 aliphatic heterocycles. The quantitative estimate of drug-likeness (QED) is 0.725. The normalized spacial score (nSPS) is 25.9. The summed E-state index contributed by atoms with van der Waals surface area (Å²) in [5, 5.41) is 13.7. The third kappa shape index (κ3) is 5.14. The van der Waals surface area contributed by atoms with Gasteiger partial charge >= 0.3 is 0 Å². The molecular weight excluding hydrogens is 309 g/mol. The largest absolute Gasteiger partial charge is 0.494 e. The fourth-order valence-corrected chi connectivity index (χ4v) is 3.46. The highest BCUT2D eigenvalue weighted by Crippen LogP contribution is 2.17. The van der Waals surface area contributed by atoms with Gasteiger partial charge in [0.05, 0.1) is 12.2 Å². The minimum absolute atomic E-state index is 0.238. The molecule has 0 amide bonds. The van der Waals surface area contributed by atoms with Crippen LogP contribution in [0.3, 0.4) is 0 Å². The van der Waals surface area contributed by atoms with Gasteiger partial charge in [0.2, 0.25) is 0 Å². The molecule has 2 heterocycles. The molecule has 6 heteroatoms. The van der Waals surface area contributed by atoms with Crippen molar-refractivity contribution in [1.82, 2.24) is 15.1 Å². The van der Waals surface area contributed by atoms with Gasteiger partial charge in [0.25, 0.3) is 0 Å². The molecule has 2 N–H and O–H groups in total. The summed E-state index contributed by atoms with van der Waals surface area (Å²) in [7, 11) is 0. The lowest BCUT2D eigenvalue weighted by atomic mass is 10.0. The van der Waals surface area contributed by atoms with E-state index >= 15 is 0 Å². The molecule has 1 unspecified atom stereocenters. The summed E-state index contributed by atoms with van der Waals surface area (Å²) < 4.78 is 18.4. The lowest BCUT2D eigenvalue weighted by Gasteiger charge is -2.38. The first-order chi connectivity index (χ1) is 11.6. The van der Waals surface area contributed by atoms with Gasteiger partial charge in [0.15, 0.2) is 0 Å². The Morgan fingerprint density at radius 2 is 1.83 bits per heavy atom. The maximum atomic E-state index is 12.8. The first-order valence-corrected chi connectivity index (χ1v) is 8.89. The van der Waals surface area contributed by atoms with Crippen LogP contribution in [0.2, 0.25) is 0 Å². The van der Waals surface area contributed by atoms with Crippen LogP contribution in [0.15, 0.2) is 24.3 Å². The van der Waals surface area contributed by atoms with E-state index in [0.717, 1.165) is 64.4 Å². The summed E-state index contributed by atoms with van der Waals surface area (Å²) >= 11 is 0. The highest BCUT2D eigenvalue weighted by Gasteiger charge is 2.33. The van der Waals surface area contributed by atoms with Crippen LogP contribution in [0.25, 0.3) is 0 Å². The number of rotatable bonds is 7. The molecule has 0 saturated carbocycles. The van der Waals surface area contributed by atoms with E-state index in [9.17, 15) is 9.50 Å². The molecule has 0 aliphatic carbocycles. The number of hydrogen-bond acceptors (Lipinski definition) is 5. The smallest absolute Gasteiger partial charge is 0.123 e. The van der Waals surface area contributed by atoms with Crippen molar-refractivity contribution in [3.05, 3.63) is 30.1 Å². The van der Waals surface area contributed by atoms with Crippen molar-refractivity contribution in [2.24, 2.45) is 0 Å². The van der Waals surface area contributed by atoms with E-state index < -0.39 is 5.60 Å². The molecule has 3 rings (SSSR count). The molecule has 0 spiro atoms. The van der Waals surface area contributed by atoms with Crippen LogP contribution < -0.4 is 10.1 Å². The van der Waals surface area contributed by atoms with Crippen LogP contribution in [0, 0.1) is 5.82 Å². The number of nitrogens with zero attached hydrogens (tertiary/aromatic N) is 2. The van der Waals surface area contributed by atoms with E-state index in [-0.39, 0.29) is 5.82 Å². The minimum atomic E-state index is -0.537. The molecule has 1 aromatic rings. The summed E-state index contributed by atoms with van der Waals surface area (Å²) in [6.07, 6.45) is 1.82. The molecule has 2 saturated heterocycles. The lowest BCUT2D eigenvalue weighted by molar-refractivity contribution is 0.00483. The van der Waals surface area contributed by atoms with Crippen molar-refractivity contribution in [1.29, 1.82) is 0 Å². The predicted octanol–water partition coefficient (Wildman–Crippen LogP) is 0.937. The molecule has 1 aromatic carbocycles. The first kappa shape index (κ1) is 17.6. The van der Waals surface area contributed by atoms with Crippen molar-refractivity contribution in [3.8, 4) is 5.75 Å². The van der Waals surface area contributed by atoms with E-state index in [2.05, 4.69) is 15.1 Å². The topological polar surface area (TPSA) is 48.0 Å². The lowest BCUT2D eigenvalue weighted by Crippen LogP contribution is -2.52. The van der Waals surface area contributed by atoms with Crippen LogP contribution in [-0.2, 0) is 0 Å². The van der Waals surface area contributed by atoms with Gasteiger partial charge in [-0.25, -0.2) is 4.39 Å². The molecule has 5 nitrogen and oxygen atoms in total. The number of ether oxygens (including phenoxy) is 1. The maximum Gasteiger partial charge on any atom is 0.123 e. The Hall–Kier alpha value is -1.21. The van der Waals surface area contributed by atoms with E-state index in [1.54, 1.807) is 12.1 Å². The second kappa shape index (κ2) is 8.25. The number of β-amino-alcohol motifs (C(OH)–C–C–N with tert-alkyl or cyclic N) is 1. The first-order valence-electron chi connectivity index (χ1n) is 8.89. The van der Waals surface area contributed by atoms with E-state index in [1.165, 1.54) is 12.1 Å². The molecule has 1 atom stereocenters. The molecule has 0 radical (unpaired) electrons. The van der Waals surface area contributed by atoms with Gasteiger partial charge in [-0.05, 0) is 43.7 Å². The third-order valence-corrected chi connectivity index (χ3v) is 4.91. The Kier molecular flexibility index (Phi) is 6.05. The van der Waals surface area contributed by atoms with Crippen molar-refractivity contribution in [3.63, 3.8) is 0 Å². The van der Waals surface area contributed by atoms with E-state index in [4.69, 9.17) is 4.74 Å². The van der Waals surface area contributed by atoms with Crippen LogP contribution in [0.1, 0.15) is 12.8 Å². The van der Waals surface area contributed by atoms with Gasteiger partial charge in [-0.2, -0.15) is 0 Å². The standard InChI is InChI=1S/C18H28FN3O2/c19-16-2-4-17(5-3-16)24-13-1-8-21-9-11-22(12-10-21)15-18(23)6-7-20-14-18/h2-5,20,23H,1,6-15H2. The summed E-state index contributed by atoms with van der Waals surface area (Å²) in [5.41, 5.74) is -0.537. The highest BCUT2D eigenvalue weighted by molar-refractivity contribution is 5.21. The number of benzene rings is 1. The second-order valence-corrected chi connectivity index (χ2v) is 6.92.